The molecule has 0 aliphatic carbocycles. The minimum atomic E-state index is 0.725. The standard InChI is InChI=1S/C13H14ClNO/c1-3-6-16-10-4-5-13-11(8-10)12(14)7-9(2)15-13/h4-5,7-8H,3,6H2,1-2H3. The van der Waals surface area contributed by atoms with Crippen LogP contribution >= 0.6 is 11.6 Å². The molecule has 0 saturated carbocycles. The van der Waals surface area contributed by atoms with E-state index in [0.717, 1.165) is 40.4 Å². The number of nitrogens with zero attached hydrogens (tertiary/aromatic N) is 1. The highest BCUT2D eigenvalue weighted by Gasteiger charge is 2.03. The molecule has 1 aromatic heterocycles. The molecule has 0 radical (unpaired) electrons. The Morgan fingerprint density at radius 1 is 1.31 bits per heavy atom. The second-order valence-electron chi connectivity index (χ2n) is 3.77. The SMILES string of the molecule is CCCOc1ccc2nc(C)cc(Cl)c2c1. The lowest BCUT2D eigenvalue weighted by Crippen LogP contribution is -1.95. The highest BCUT2D eigenvalue weighted by Crippen LogP contribution is 2.26. The normalized spacial score (nSPS) is 10.7. The zero-order valence-corrected chi connectivity index (χ0v) is 10.2. The van der Waals surface area contributed by atoms with Crippen LogP contribution in [0, 0.1) is 6.92 Å². The predicted molar refractivity (Wildman–Crippen MR) is 67.3 cm³/mol. The summed E-state index contributed by atoms with van der Waals surface area (Å²) in [6.07, 6.45) is 0.998. The van der Waals surface area contributed by atoms with Crippen molar-refractivity contribution in [2.24, 2.45) is 0 Å². The minimum absolute atomic E-state index is 0.725. The van der Waals surface area contributed by atoms with Crippen molar-refractivity contribution >= 4 is 22.5 Å². The molecule has 0 atom stereocenters. The molecule has 0 saturated heterocycles. The van der Waals surface area contributed by atoms with Gasteiger partial charge >= 0.3 is 0 Å². The Hall–Kier alpha value is -1.28. The summed E-state index contributed by atoms with van der Waals surface area (Å²) >= 11 is 6.17. The first-order chi connectivity index (χ1) is 7.70. The van der Waals surface area contributed by atoms with Crippen LogP contribution in [0.2, 0.25) is 5.02 Å². The van der Waals surface area contributed by atoms with E-state index in [4.69, 9.17) is 16.3 Å². The van der Waals surface area contributed by atoms with Gasteiger partial charge in [0.25, 0.3) is 0 Å². The Balaban J connectivity index is 2.45. The molecule has 0 N–H and O–H groups in total. The molecule has 0 amide bonds. The second-order valence-corrected chi connectivity index (χ2v) is 4.18. The van der Waals surface area contributed by atoms with Gasteiger partial charge in [0.15, 0.2) is 0 Å². The summed E-state index contributed by atoms with van der Waals surface area (Å²) in [5.74, 6) is 0.849. The van der Waals surface area contributed by atoms with Gasteiger partial charge in [-0.2, -0.15) is 0 Å². The summed E-state index contributed by atoms with van der Waals surface area (Å²) in [6.45, 7) is 4.74. The number of fused-ring (bicyclic) bond motifs is 1. The van der Waals surface area contributed by atoms with Gasteiger partial charge < -0.3 is 4.74 Å². The van der Waals surface area contributed by atoms with Gasteiger partial charge in [-0.25, -0.2) is 0 Å². The molecular formula is C13H14ClNO. The first-order valence-electron chi connectivity index (χ1n) is 5.40. The number of aromatic nitrogens is 1. The van der Waals surface area contributed by atoms with Crippen LogP contribution in [0.4, 0.5) is 0 Å². The third kappa shape index (κ3) is 2.27. The van der Waals surface area contributed by atoms with Crippen molar-refractivity contribution in [3.05, 3.63) is 35.0 Å². The first kappa shape index (κ1) is 11.2. The molecule has 0 spiro atoms. The number of hydrogen-bond donors (Lipinski definition) is 0. The summed E-state index contributed by atoms with van der Waals surface area (Å²) in [5.41, 5.74) is 1.84. The number of pyridine rings is 1. The van der Waals surface area contributed by atoms with Crippen LogP contribution < -0.4 is 4.74 Å². The summed E-state index contributed by atoms with van der Waals surface area (Å²) in [7, 11) is 0. The van der Waals surface area contributed by atoms with Gasteiger partial charge in [0.1, 0.15) is 5.75 Å². The van der Waals surface area contributed by atoms with E-state index in [2.05, 4.69) is 11.9 Å². The smallest absolute Gasteiger partial charge is 0.120 e. The quantitative estimate of drug-likeness (QED) is 0.803. The van der Waals surface area contributed by atoms with Crippen molar-refractivity contribution in [2.45, 2.75) is 20.3 Å². The van der Waals surface area contributed by atoms with Gasteiger partial charge in [0.05, 0.1) is 17.1 Å². The van der Waals surface area contributed by atoms with Crippen LogP contribution in [0.3, 0.4) is 0 Å². The van der Waals surface area contributed by atoms with E-state index in [0.29, 0.717) is 0 Å². The maximum absolute atomic E-state index is 6.17. The molecule has 0 aliphatic heterocycles. The van der Waals surface area contributed by atoms with Crippen LogP contribution in [0.1, 0.15) is 19.0 Å². The Labute approximate surface area is 100 Å². The van der Waals surface area contributed by atoms with Crippen molar-refractivity contribution in [1.82, 2.24) is 4.98 Å². The molecule has 0 aliphatic rings. The summed E-state index contributed by atoms with van der Waals surface area (Å²) < 4.78 is 5.56. The van der Waals surface area contributed by atoms with Crippen molar-refractivity contribution in [3.8, 4) is 5.75 Å². The fraction of sp³-hybridized carbons (Fsp3) is 0.308. The topological polar surface area (TPSA) is 22.1 Å². The van der Waals surface area contributed by atoms with Crippen LogP contribution in [0.25, 0.3) is 10.9 Å². The highest BCUT2D eigenvalue weighted by atomic mass is 35.5. The molecular weight excluding hydrogens is 222 g/mol. The molecule has 0 fully saturated rings. The molecule has 3 heteroatoms. The Kier molecular flexibility index (Phi) is 3.30. The number of aryl methyl sites for hydroxylation is 1. The zero-order valence-electron chi connectivity index (χ0n) is 9.46. The Morgan fingerprint density at radius 2 is 2.12 bits per heavy atom. The van der Waals surface area contributed by atoms with Crippen LogP contribution in [-0.4, -0.2) is 11.6 Å². The maximum Gasteiger partial charge on any atom is 0.120 e. The lowest BCUT2D eigenvalue weighted by Gasteiger charge is -2.07. The van der Waals surface area contributed by atoms with Crippen LogP contribution in [0.15, 0.2) is 24.3 Å². The number of ether oxygens (including phenoxy) is 1. The van der Waals surface area contributed by atoms with Gasteiger partial charge in [0.2, 0.25) is 0 Å². The predicted octanol–water partition coefficient (Wildman–Crippen LogP) is 3.99. The largest absolute Gasteiger partial charge is 0.494 e. The highest BCUT2D eigenvalue weighted by molar-refractivity contribution is 6.35. The van der Waals surface area contributed by atoms with E-state index in [1.165, 1.54) is 0 Å². The number of rotatable bonds is 3. The monoisotopic (exact) mass is 235 g/mol. The van der Waals surface area contributed by atoms with Crippen molar-refractivity contribution in [1.29, 1.82) is 0 Å². The van der Waals surface area contributed by atoms with Crippen molar-refractivity contribution < 1.29 is 4.74 Å². The molecule has 84 valence electrons. The second kappa shape index (κ2) is 4.71. The van der Waals surface area contributed by atoms with Crippen molar-refractivity contribution in [3.63, 3.8) is 0 Å². The molecule has 16 heavy (non-hydrogen) atoms. The van der Waals surface area contributed by atoms with E-state index in [-0.39, 0.29) is 0 Å². The van der Waals surface area contributed by atoms with E-state index < -0.39 is 0 Å². The lowest BCUT2D eigenvalue weighted by atomic mass is 10.2. The van der Waals surface area contributed by atoms with Gasteiger partial charge in [-0.1, -0.05) is 18.5 Å². The first-order valence-corrected chi connectivity index (χ1v) is 5.78. The molecule has 0 bridgehead atoms. The molecule has 2 rings (SSSR count). The van der Waals surface area contributed by atoms with E-state index in [1.54, 1.807) is 0 Å². The molecule has 2 nitrogen and oxygen atoms in total. The maximum atomic E-state index is 6.17. The van der Waals surface area contributed by atoms with Gasteiger partial charge in [-0.05, 0) is 37.6 Å². The summed E-state index contributed by atoms with van der Waals surface area (Å²) in [4.78, 5) is 4.42. The molecule has 2 aromatic rings. The summed E-state index contributed by atoms with van der Waals surface area (Å²) in [5, 5.41) is 1.67. The van der Waals surface area contributed by atoms with Crippen molar-refractivity contribution in [2.75, 3.05) is 6.61 Å². The Morgan fingerprint density at radius 3 is 2.88 bits per heavy atom. The van der Waals surface area contributed by atoms with Crippen LogP contribution in [0.5, 0.6) is 5.75 Å². The van der Waals surface area contributed by atoms with E-state index >= 15 is 0 Å². The van der Waals surface area contributed by atoms with Crippen LogP contribution in [-0.2, 0) is 0 Å². The molecule has 1 aromatic carbocycles. The fourth-order valence-electron chi connectivity index (χ4n) is 1.60. The molecule has 0 unspecified atom stereocenters. The van der Waals surface area contributed by atoms with Gasteiger partial charge in [-0.3, -0.25) is 4.98 Å². The number of benzene rings is 1. The molecule has 1 heterocycles. The fourth-order valence-corrected chi connectivity index (χ4v) is 1.91. The third-order valence-electron chi connectivity index (χ3n) is 2.33. The average Bonchev–Trinajstić information content (AvgIpc) is 2.26. The number of halogens is 1. The van der Waals surface area contributed by atoms with Gasteiger partial charge in [-0.15, -0.1) is 0 Å². The Bertz CT molecular complexity index is 511. The average molecular weight is 236 g/mol. The van der Waals surface area contributed by atoms with E-state index in [1.807, 2.05) is 31.2 Å². The number of hydrogen-bond acceptors (Lipinski definition) is 2. The lowest BCUT2D eigenvalue weighted by molar-refractivity contribution is 0.318. The summed E-state index contributed by atoms with van der Waals surface area (Å²) in [6, 6.07) is 7.69. The third-order valence-corrected chi connectivity index (χ3v) is 2.64. The minimum Gasteiger partial charge on any atom is -0.494 e. The zero-order chi connectivity index (χ0) is 11.5. The van der Waals surface area contributed by atoms with Gasteiger partial charge in [0, 0.05) is 11.1 Å². The van der Waals surface area contributed by atoms with E-state index in [9.17, 15) is 0 Å².